The topological polar surface area (TPSA) is 84.9 Å². The summed E-state index contributed by atoms with van der Waals surface area (Å²) in [7, 11) is 0. The number of carbonyl (C=O) groups excluding carboxylic acids is 1. The fourth-order valence-corrected chi connectivity index (χ4v) is 5.99. The molecule has 1 aliphatic rings. The summed E-state index contributed by atoms with van der Waals surface area (Å²) >= 11 is 3.40. The summed E-state index contributed by atoms with van der Waals surface area (Å²) in [4.78, 5) is 25.2. The quantitative estimate of drug-likeness (QED) is 0.224. The molecule has 8 heteroatoms. The molecular formula is C32H37NO5S2. The fourth-order valence-electron chi connectivity index (χ4n) is 4.78. The maximum Gasteiger partial charge on any atom is 0.326 e. The number of benzene rings is 3. The van der Waals surface area contributed by atoms with E-state index in [-0.39, 0.29) is 6.10 Å². The van der Waals surface area contributed by atoms with Gasteiger partial charge in [-0.05, 0) is 88.8 Å². The third-order valence-electron chi connectivity index (χ3n) is 6.99. The number of hydrogen-bond acceptors (Lipinski definition) is 6. The first-order chi connectivity index (χ1) is 19.4. The van der Waals surface area contributed by atoms with Crippen LogP contribution in [0.3, 0.4) is 0 Å². The average molecular weight is 580 g/mol. The van der Waals surface area contributed by atoms with E-state index < -0.39 is 17.9 Å². The summed E-state index contributed by atoms with van der Waals surface area (Å²) in [6.45, 7) is 5.26. The van der Waals surface area contributed by atoms with Crippen molar-refractivity contribution in [2.45, 2.75) is 45.4 Å². The molecule has 0 saturated heterocycles. The first kappa shape index (κ1) is 30.0. The molecule has 2 N–H and O–H groups in total. The predicted octanol–water partition coefficient (Wildman–Crippen LogP) is 6.54. The first-order valence-electron chi connectivity index (χ1n) is 13.6. The molecule has 1 aliphatic heterocycles. The minimum Gasteiger partial charge on any atom is -0.493 e. The molecule has 40 heavy (non-hydrogen) atoms. The van der Waals surface area contributed by atoms with E-state index in [0.717, 1.165) is 58.1 Å². The van der Waals surface area contributed by atoms with Crippen LogP contribution in [-0.2, 0) is 22.6 Å². The first-order valence-corrected chi connectivity index (χ1v) is 16.1. The Bertz CT molecular complexity index is 1330. The second kappa shape index (κ2) is 14.6. The zero-order valence-electron chi connectivity index (χ0n) is 23.3. The summed E-state index contributed by atoms with van der Waals surface area (Å²) in [5, 5.41) is 12.4. The van der Waals surface area contributed by atoms with Crippen LogP contribution in [-0.4, -0.2) is 53.1 Å². The molecule has 0 radical (unpaired) electrons. The van der Waals surface area contributed by atoms with Gasteiger partial charge in [-0.3, -0.25) is 4.79 Å². The van der Waals surface area contributed by atoms with Gasteiger partial charge in [-0.25, -0.2) is 4.79 Å². The van der Waals surface area contributed by atoms with Gasteiger partial charge in [0.05, 0.1) is 19.3 Å². The van der Waals surface area contributed by atoms with E-state index in [1.54, 1.807) is 17.8 Å². The number of aliphatic carboxylic acids is 1. The van der Waals surface area contributed by atoms with E-state index in [1.807, 2.05) is 67.4 Å². The van der Waals surface area contributed by atoms with Gasteiger partial charge in [0.2, 0.25) is 0 Å². The highest BCUT2D eigenvalue weighted by Crippen LogP contribution is 2.33. The second-order valence-corrected chi connectivity index (χ2v) is 12.1. The van der Waals surface area contributed by atoms with Crippen molar-refractivity contribution < 1.29 is 24.2 Å². The van der Waals surface area contributed by atoms with Gasteiger partial charge in [-0.15, -0.1) is 0 Å². The van der Waals surface area contributed by atoms with E-state index in [4.69, 9.17) is 9.47 Å². The SMILES string of the molecule is CCSC[C@@H](OCc1ccc(C(=O)N[C@@H](CCSC)C(=O)O)c(-c2ccccc2C)c1)c1ccc2c(c1)CCO2. The lowest BCUT2D eigenvalue weighted by molar-refractivity contribution is -0.139. The molecule has 6 nitrogen and oxygen atoms in total. The van der Waals surface area contributed by atoms with E-state index in [0.29, 0.717) is 24.3 Å². The van der Waals surface area contributed by atoms with Crippen LogP contribution >= 0.6 is 23.5 Å². The molecule has 3 aromatic carbocycles. The van der Waals surface area contributed by atoms with E-state index in [2.05, 4.69) is 24.4 Å². The normalized spacial score (nSPS) is 13.8. The molecule has 212 valence electrons. The van der Waals surface area contributed by atoms with E-state index in [9.17, 15) is 14.7 Å². The number of carbonyl (C=O) groups is 2. The Morgan fingerprint density at radius 3 is 2.67 bits per heavy atom. The van der Waals surface area contributed by atoms with Gasteiger partial charge >= 0.3 is 5.97 Å². The van der Waals surface area contributed by atoms with Crippen molar-refractivity contribution in [1.29, 1.82) is 0 Å². The molecule has 0 fully saturated rings. The third kappa shape index (κ3) is 7.62. The molecule has 0 aromatic heterocycles. The number of ether oxygens (including phenoxy) is 2. The van der Waals surface area contributed by atoms with Crippen LogP contribution < -0.4 is 10.1 Å². The van der Waals surface area contributed by atoms with Gasteiger partial charge in [-0.2, -0.15) is 23.5 Å². The summed E-state index contributed by atoms with van der Waals surface area (Å²) < 4.78 is 12.2. The van der Waals surface area contributed by atoms with Gasteiger partial charge in [0.25, 0.3) is 5.91 Å². The lowest BCUT2D eigenvalue weighted by Crippen LogP contribution is -2.41. The van der Waals surface area contributed by atoms with Crippen LogP contribution in [0.5, 0.6) is 5.75 Å². The van der Waals surface area contributed by atoms with Crippen molar-refractivity contribution in [2.24, 2.45) is 0 Å². The van der Waals surface area contributed by atoms with Crippen molar-refractivity contribution in [3.8, 4) is 16.9 Å². The highest BCUT2D eigenvalue weighted by atomic mass is 32.2. The number of rotatable bonds is 14. The zero-order valence-corrected chi connectivity index (χ0v) is 24.9. The van der Waals surface area contributed by atoms with E-state index in [1.165, 1.54) is 5.56 Å². The smallest absolute Gasteiger partial charge is 0.326 e. The monoisotopic (exact) mass is 579 g/mol. The fraction of sp³-hybridized carbons (Fsp3) is 0.375. The molecule has 0 spiro atoms. The van der Waals surface area contributed by atoms with Crippen molar-refractivity contribution in [3.05, 3.63) is 88.5 Å². The molecule has 4 rings (SSSR count). The maximum atomic E-state index is 13.4. The van der Waals surface area contributed by atoms with Crippen LogP contribution in [0, 0.1) is 6.92 Å². The molecule has 0 aliphatic carbocycles. The summed E-state index contributed by atoms with van der Waals surface area (Å²) in [6, 6.07) is 19.0. The van der Waals surface area contributed by atoms with Crippen molar-refractivity contribution in [3.63, 3.8) is 0 Å². The summed E-state index contributed by atoms with van der Waals surface area (Å²) in [5.41, 5.74) is 6.49. The molecule has 0 bridgehead atoms. The van der Waals surface area contributed by atoms with Gasteiger partial charge in [0.1, 0.15) is 11.8 Å². The number of thioether (sulfide) groups is 2. The largest absolute Gasteiger partial charge is 0.493 e. The van der Waals surface area contributed by atoms with Gasteiger partial charge in [0, 0.05) is 17.7 Å². The highest BCUT2D eigenvalue weighted by molar-refractivity contribution is 7.99. The van der Waals surface area contributed by atoms with Crippen LogP contribution in [0.4, 0.5) is 0 Å². The molecule has 0 unspecified atom stereocenters. The van der Waals surface area contributed by atoms with Gasteiger partial charge < -0.3 is 19.9 Å². The maximum absolute atomic E-state index is 13.4. The van der Waals surface area contributed by atoms with Crippen molar-refractivity contribution in [2.75, 3.05) is 30.1 Å². The second-order valence-electron chi connectivity index (χ2n) is 9.77. The number of amides is 1. The molecular weight excluding hydrogens is 542 g/mol. The highest BCUT2D eigenvalue weighted by Gasteiger charge is 2.23. The van der Waals surface area contributed by atoms with E-state index >= 15 is 0 Å². The Labute approximate surface area is 245 Å². The Morgan fingerprint density at radius 1 is 1.10 bits per heavy atom. The third-order valence-corrected chi connectivity index (χ3v) is 8.58. The number of nitrogens with one attached hydrogen (secondary N) is 1. The number of hydrogen-bond donors (Lipinski definition) is 2. The number of fused-ring (bicyclic) bond motifs is 1. The van der Waals surface area contributed by atoms with Gasteiger partial charge in [0.15, 0.2) is 0 Å². The number of aryl methyl sites for hydroxylation is 1. The summed E-state index contributed by atoms with van der Waals surface area (Å²) in [6.07, 6.45) is 3.12. The van der Waals surface area contributed by atoms with Crippen LogP contribution in [0.2, 0.25) is 0 Å². The van der Waals surface area contributed by atoms with Crippen LogP contribution in [0.1, 0.15) is 52.1 Å². The molecule has 1 heterocycles. The zero-order chi connectivity index (χ0) is 28.5. The van der Waals surface area contributed by atoms with Crippen LogP contribution in [0.15, 0.2) is 60.7 Å². The molecule has 0 saturated carbocycles. The Hall–Kier alpha value is -2.94. The lowest BCUT2D eigenvalue weighted by Gasteiger charge is -2.20. The Morgan fingerprint density at radius 2 is 1.93 bits per heavy atom. The minimum absolute atomic E-state index is 0.0755. The Balaban J connectivity index is 1.60. The van der Waals surface area contributed by atoms with Crippen LogP contribution in [0.25, 0.3) is 11.1 Å². The Kier molecular flexibility index (Phi) is 11.0. The molecule has 3 aromatic rings. The minimum atomic E-state index is -1.03. The standard InChI is InChI=1S/C32H37NO5S2/c1-4-40-20-30(23-10-12-29-24(18-23)13-15-37-29)38-19-22-9-11-26(27(17-22)25-8-6-5-7-21(25)2)31(34)33-28(32(35)36)14-16-39-3/h5-12,17-18,28,30H,4,13-16,19-20H2,1-3H3,(H,33,34)(H,35,36)/t28-,30+/m0/s1. The molecule has 2 atom stereocenters. The molecule has 1 amide bonds. The summed E-state index contributed by atoms with van der Waals surface area (Å²) in [5.74, 6) is 2.03. The van der Waals surface area contributed by atoms with Crippen molar-refractivity contribution >= 4 is 35.4 Å². The van der Waals surface area contributed by atoms with Gasteiger partial charge in [-0.1, -0.05) is 43.3 Å². The predicted molar refractivity (Wildman–Crippen MR) is 165 cm³/mol. The average Bonchev–Trinajstić information content (AvgIpc) is 3.43. The lowest BCUT2D eigenvalue weighted by atomic mass is 9.93. The number of carboxylic acids is 1. The van der Waals surface area contributed by atoms with Crippen molar-refractivity contribution in [1.82, 2.24) is 5.32 Å². The number of carboxylic acid groups (broad SMARTS) is 1.